The molecule has 5 spiro atoms. The zero-order valence-corrected chi connectivity index (χ0v) is 43.6. The summed E-state index contributed by atoms with van der Waals surface area (Å²) in [6, 6.07) is 7.21. The van der Waals surface area contributed by atoms with Gasteiger partial charge in [-0.25, -0.2) is 4.79 Å². The minimum atomic E-state index is -1.13. The molecule has 3 N–H and O–H groups in total. The molecule has 19 rings (SSSR count). The number of carbonyl (C=O) groups excluding carboxylic acids is 2. The van der Waals surface area contributed by atoms with Crippen molar-refractivity contribution in [2.45, 2.75) is 192 Å². The van der Waals surface area contributed by atoms with Crippen LogP contribution in [0, 0.1) is 80.8 Å². The summed E-state index contributed by atoms with van der Waals surface area (Å²) in [6.45, 7) is 6.48. The van der Waals surface area contributed by atoms with Crippen molar-refractivity contribution in [3.63, 3.8) is 0 Å². The van der Waals surface area contributed by atoms with Crippen LogP contribution in [0.3, 0.4) is 0 Å². The molecule has 9 aliphatic carbocycles. The van der Waals surface area contributed by atoms with Crippen LogP contribution in [0.1, 0.15) is 189 Å². The molecule has 18 aliphatic rings. The predicted octanol–water partition coefficient (Wildman–Crippen LogP) is 12.4. The van der Waals surface area contributed by atoms with E-state index in [1.54, 1.807) is 16.8 Å². The Morgan fingerprint density at radius 2 is 1.60 bits per heavy atom. The van der Waals surface area contributed by atoms with Crippen molar-refractivity contribution >= 4 is 11.9 Å². The van der Waals surface area contributed by atoms with Crippen LogP contribution in [0.2, 0.25) is 0 Å². The molecule has 0 amide bonds. The molecule has 0 radical (unpaired) electrons. The average molecular weight is 974 g/mol. The number of ether oxygens (including phenoxy) is 2. The van der Waals surface area contributed by atoms with Crippen LogP contribution in [0.25, 0.3) is 0 Å². The molecule has 8 fully saturated rings. The maximum Gasteiger partial charge on any atom is 0.339 e. The third-order valence-corrected chi connectivity index (χ3v) is 25.7. The lowest BCUT2D eigenvalue weighted by atomic mass is 9.27. The Hall–Kier alpha value is -3.36. The second kappa shape index (κ2) is 15.6. The summed E-state index contributed by atoms with van der Waals surface area (Å²) in [7, 11) is 0. The SMILES string of the molecule is C[C@H]1CC2=C3[C@H]4C5=C6[C@H](/C=C\[C@@H](C7CCCCC7)C[C@H]7[C@]68C(=O)O/C(=C(/O)C[C@@H](C6CC9(CCCC9)C9(CCCC9)C6)N6C[C@@H]9C[C@H](C6)[C@H](CC2)N3C9)[C@@]8(CC5)[C@]72OC(=O)c3c(CCCN)cccc32)C[C@@H]41. The quantitative estimate of drug-likeness (QED) is 0.222. The molecule has 14 atom stereocenters. The molecular weight excluding hydrogens is 891 g/mol. The van der Waals surface area contributed by atoms with Crippen LogP contribution in [-0.4, -0.2) is 65.1 Å². The van der Waals surface area contributed by atoms with Crippen LogP contribution in [0.15, 0.2) is 64.3 Å². The number of carbonyl (C=O) groups is 2. The van der Waals surface area contributed by atoms with Crippen molar-refractivity contribution in [3.8, 4) is 0 Å². The highest BCUT2D eigenvalue weighted by Crippen LogP contribution is 2.88. The van der Waals surface area contributed by atoms with Gasteiger partial charge in [0.15, 0.2) is 11.4 Å². The predicted molar refractivity (Wildman–Crippen MR) is 277 cm³/mol. The number of aliphatic hydroxyl groups excluding tert-OH is 1. The first-order valence-corrected chi connectivity index (χ1v) is 30.5. The molecule has 3 saturated heterocycles. The van der Waals surface area contributed by atoms with E-state index in [1.165, 1.54) is 128 Å². The lowest BCUT2D eigenvalue weighted by Crippen LogP contribution is -2.78. The summed E-state index contributed by atoms with van der Waals surface area (Å²) in [5.74, 6) is 4.15. The smallest absolute Gasteiger partial charge is 0.339 e. The van der Waals surface area contributed by atoms with Gasteiger partial charge in [-0.3, -0.25) is 9.69 Å². The second-order valence-corrected chi connectivity index (χ2v) is 28.1. The number of aryl methyl sites for hydroxylation is 1. The number of fused-ring (bicyclic) bond motifs is 4. The summed E-state index contributed by atoms with van der Waals surface area (Å²) in [6.07, 6.45) is 35.4. The van der Waals surface area contributed by atoms with Crippen LogP contribution in [-0.2, 0) is 26.3 Å². The Morgan fingerprint density at radius 1 is 0.806 bits per heavy atom. The van der Waals surface area contributed by atoms with Gasteiger partial charge in [0, 0.05) is 61.2 Å². The molecule has 9 heterocycles. The maximum absolute atomic E-state index is 16.6. The molecule has 384 valence electrons. The zero-order chi connectivity index (χ0) is 48.1. The van der Waals surface area contributed by atoms with Gasteiger partial charge in [-0.15, -0.1) is 0 Å². The Balaban J connectivity index is 0.960. The van der Waals surface area contributed by atoms with Gasteiger partial charge < -0.3 is 25.2 Å². The van der Waals surface area contributed by atoms with Crippen LogP contribution in [0.4, 0.5) is 0 Å². The van der Waals surface area contributed by atoms with E-state index in [9.17, 15) is 5.11 Å². The fourth-order valence-electron chi connectivity index (χ4n) is 23.5. The minimum absolute atomic E-state index is 0.109. The Kier molecular flexibility index (Phi) is 9.74. The van der Waals surface area contributed by atoms with Crippen LogP contribution >= 0.6 is 0 Å². The number of nitrogens with two attached hydrogens (primary N) is 1. The van der Waals surface area contributed by atoms with Gasteiger partial charge in [-0.2, -0.15) is 0 Å². The fraction of sp³-hybridized carbons (Fsp3) is 0.750. The highest BCUT2D eigenvalue weighted by molar-refractivity contribution is 6.00. The van der Waals surface area contributed by atoms with Gasteiger partial charge in [-0.05, 0) is 191 Å². The normalized spacial score (nSPS) is 46.2. The summed E-state index contributed by atoms with van der Waals surface area (Å²) < 4.78 is 14.7. The topological polar surface area (TPSA) is 105 Å². The fourth-order valence-corrected chi connectivity index (χ4v) is 23.5. The molecule has 8 heteroatoms. The molecule has 5 saturated carbocycles. The number of hydrogen-bond acceptors (Lipinski definition) is 8. The molecule has 72 heavy (non-hydrogen) atoms. The molecule has 1 aromatic rings. The van der Waals surface area contributed by atoms with Gasteiger partial charge >= 0.3 is 11.9 Å². The van der Waals surface area contributed by atoms with Crippen molar-refractivity contribution in [1.82, 2.24) is 9.80 Å². The van der Waals surface area contributed by atoms with Crippen LogP contribution in [0.5, 0.6) is 0 Å². The average Bonchev–Trinajstić information content (AvgIpc) is 4.23. The lowest BCUT2D eigenvalue weighted by Gasteiger charge is -2.73. The first kappa shape index (κ1) is 44.9. The molecule has 0 aromatic heterocycles. The van der Waals surface area contributed by atoms with Crippen molar-refractivity contribution in [2.75, 3.05) is 26.2 Å². The van der Waals surface area contributed by atoms with E-state index in [0.717, 1.165) is 56.4 Å². The second-order valence-electron chi connectivity index (χ2n) is 28.1. The van der Waals surface area contributed by atoms with Crippen molar-refractivity contribution in [2.24, 2.45) is 86.6 Å². The number of piperidine rings is 2. The standard InChI is InChI=1S/C64H83N3O5/c1-37-27-43-18-19-49-44-28-38-34-66(36-44)50(45-32-60(21-5-6-22-60)61(33-45)23-7-8-24-61)31-51(68)57-62-25-20-46-54(56(43)67(49)35-38)47(37)29-42-17-16-41(39-11-3-2-4-12-39)30-52(63(62,55(42)46)59(70)71-57)64(62)48-15-9-13-40(14-10-26-65)53(48)58(69)72-64/h9,13,15-17,37-39,41-42,44-45,47,49-50,52,54,68H,2-8,10-12,14,18-36,65H2,1H3/b17-16-,57-51+/t37-,38-,41+,42+,44+,47+,49-,50-,52-,54-,62+,63+,64+/m0/s1. The third-order valence-electron chi connectivity index (χ3n) is 25.7. The molecule has 12 bridgehead atoms. The monoisotopic (exact) mass is 974 g/mol. The molecular formula is C64H83N3O5. The van der Waals surface area contributed by atoms with Crippen molar-refractivity contribution in [3.05, 3.63) is 81.0 Å². The number of hydrogen-bond donors (Lipinski definition) is 2. The van der Waals surface area contributed by atoms with E-state index >= 15 is 9.59 Å². The molecule has 1 aromatic carbocycles. The van der Waals surface area contributed by atoms with Gasteiger partial charge in [0.05, 0.1) is 11.0 Å². The van der Waals surface area contributed by atoms with Crippen molar-refractivity contribution in [1.29, 1.82) is 0 Å². The largest absolute Gasteiger partial charge is 0.509 e. The maximum atomic E-state index is 16.6. The Morgan fingerprint density at radius 3 is 2.38 bits per heavy atom. The van der Waals surface area contributed by atoms with E-state index in [-0.39, 0.29) is 35.7 Å². The summed E-state index contributed by atoms with van der Waals surface area (Å²) in [4.78, 5) is 37.9. The lowest BCUT2D eigenvalue weighted by molar-refractivity contribution is -0.282. The highest BCUT2D eigenvalue weighted by Gasteiger charge is 2.94. The zero-order valence-electron chi connectivity index (χ0n) is 43.6. The third kappa shape index (κ3) is 5.40. The first-order valence-electron chi connectivity index (χ1n) is 30.5. The number of rotatable bonds is 5. The Labute approximate surface area is 429 Å². The number of benzene rings is 1. The van der Waals surface area contributed by atoms with E-state index < -0.39 is 16.4 Å². The minimum Gasteiger partial charge on any atom is -0.509 e. The molecule has 9 aliphatic heterocycles. The number of aliphatic hydroxyl groups is 1. The summed E-state index contributed by atoms with van der Waals surface area (Å²) in [5, 5.41) is 13.9. The first-order chi connectivity index (χ1) is 35.1. The van der Waals surface area contributed by atoms with Gasteiger partial charge in [0.1, 0.15) is 11.2 Å². The number of allylic oxidation sites excluding steroid dienone is 4. The molecule has 1 unspecified atom stereocenters. The van der Waals surface area contributed by atoms with E-state index in [4.69, 9.17) is 15.2 Å². The van der Waals surface area contributed by atoms with E-state index in [2.05, 4.69) is 47.1 Å². The van der Waals surface area contributed by atoms with Crippen molar-refractivity contribution < 1.29 is 24.2 Å². The van der Waals surface area contributed by atoms with Gasteiger partial charge in [-0.1, -0.05) is 93.4 Å². The Bertz CT molecular complexity index is 2620. The van der Waals surface area contributed by atoms with Gasteiger partial charge in [0.25, 0.3) is 0 Å². The highest BCUT2D eigenvalue weighted by atomic mass is 16.6. The molecule has 8 nitrogen and oxygen atoms in total. The van der Waals surface area contributed by atoms with Crippen LogP contribution < -0.4 is 5.73 Å². The summed E-state index contributed by atoms with van der Waals surface area (Å²) >= 11 is 0. The van der Waals surface area contributed by atoms with E-state index in [0.29, 0.717) is 101 Å². The van der Waals surface area contributed by atoms with Gasteiger partial charge in [0.2, 0.25) is 0 Å². The summed E-state index contributed by atoms with van der Waals surface area (Å²) in [5.41, 5.74) is 12.8. The van der Waals surface area contributed by atoms with E-state index in [1.807, 2.05) is 0 Å². The number of esters is 2. The number of nitrogens with zero attached hydrogens (tertiary/aromatic N) is 2.